The van der Waals surface area contributed by atoms with Crippen molar-refractivity contribution in [3.8, 4) is 0 Å². The van der Waals surface area contributed by atoms with Crippen LogP contribution in [0.2, 0.25) is 0 Å². The summed E-state index contributed by atoms with van der Waals surface area (Å²) < 4.78 is 23.8. The number of nitrogens with zero attached hydrogens (tertiary/aromatic N) is 1. The molecule has 0 aromatic heterocycles. The lowest BCUT2D eigenvalue weighted by Crippen LogP contribution is -2.53. The summed E-state index contributed by atoms with van der Waals surface area (Å²) in [6, 6.07) is 8.97. The Morgan fingerprint density at radius 1 is 1.23 bits per heavy atom. The molecule has 1 fully saturated rings. The Hall–Kier alpha value is -2.31. The third-order valence-electron chi connectivity index (χ3n) is 3.94. The largest absolute Gasteiger partial charge is 0.445 e. The standard InChI is InChI=1S/C19H27FN2O4/c1-19(2,3)26-17(23)21-16-9-15(10-20)11-22(12-16)18(24)25-13-14-7-5-4-6-8-14/h4-8,15-16H,9-13H2,1-3H3,(H,21,23). The minimum atomic E-state index is -0.619. The number of carbonyl (C=O) groups is 2. The fourth-order valence-electron chi connectivity index (χ4n) is 2.85. The van der Waals surface area contributed by atoms with Crippen molar-refractivity contribution in [2.75, 3.05) is 19.8 Å². The lowest BCUT2D eigenvalue weighted by molar-refractivity contribution is 0.0397. The van der Waals surface area contributed by atoms with Gasteiger partial charge in [0, 0.05) is 19.0 Å². The van der Waals surface area contributed by atoms with E-state index in [1.165, 1.54) is 4.90 Å². The van der Waals surface area contributed by atoms with Crippen LogP contribution in [-0.4, -0.2) is 48.5 Å². The van der Waals surface area contributed by atoms with Crippen LogP contribution in [0.5, 0.6) is 0 Å². The summed E-state index contributed by atoms with van der Waals surface area (Å²) in [7, 11) is 0. The van der Waals surface area contributed by atoms with Crippen LogP contribution >= 0.6 is 0 Å². The van der Waals surface area contributed by atoms with Gasteiger partial charge in [-0.15, -0.1) is 0 Å². The molecule has 1 N–H and O–H groups in total. The first-order valence-corrected chi connectivity index (χ1v) is 8.78. The summed E-state index contributed by atoms with van der Waals surface area (Å²) in [5.41, 5.74) is 0.260. The first kappa shape index (κ1) is 20.0. The van der Waals surface area contributed by atoms with Crippen molar-refractivity contribution >= 4 is 12.2 Å². The van der Waals surface area contributed by atoms with Crippen molar-refractivity contribution in [2.24, 2.45) is 5.92 Å². The maximum absolute atomic E-state index is 13.2. The minimum Gasteiger partial charge on any atom is -0.445 e. The predicted octanol–water partition coefficient (Wildman–Crippen LogP) is 3.51. The van der Waals surface area contributed by atoms with Crippen LogP contribution < -0.4 is 5.32 Å². The maximum Gasteiger partial charge on any atom is 0.410 e. The SMILES string of the molecule is CC(C)(C)OC(=O)NC1CC(CF)CN(C(=O)OCc2ccccc2)C1. The molecule has 2 unspecified atom stereocenters. The zero-order valence-electron chi connectivity index (χ0n) is 15.5. The monoisotopic (exact) mass is 366 g/mol. The molecule has 7 heteroatoms. The lowest BCUT2D eigenvalue weighted by Gasteiger charge is -2.36. The summed E-state index contributed by atoms with van der Waals surface area (Å²) in [4.78, 5) is 25.7. The van der Waals surface area contributed by atoms with Gasteiger partial charge in [-0.3, -0.25) is 4.39 Å². The van der Waals surface area contributed by atoms with Crippen molar-refractivity contribution in [3.05, 3.63) is 35.9 Å². The van der Waals surface area contributed by atoms with Gasteiger partial charge in [-0.1, -0.05) is 30.3 Å². The smallest absolute Gasteiger partial charge is 0.410 e. The van der Waals surface area contributed by atoms with Gasteiger partial charge >= 0.3 is 12.2 Å². The number of alkyl halides is 1. The zero-order chi connectivity index (χ0) is 19.2. The molecule has 0 bridgehead atoms. The summed E-state index contributed by atoms with van der Waals surface area (Å²) >= 11 is 0. The van der Waals surface area contributed by atoms with E-state index < -0.39 is 24.5 Å². The normalized spacial score (nSPS) is 20.4. The maximum atomic E-state index is 13.2. The Kier molecular flexibility index (Phi) is 6.83. The molecule has 0 aliphatic carbocycles. The molecular weight excluding hydrogens is 339 g/mol. The number of likely N-dealkylation sites (tertiary alicyclic amines) is 1. The van der Waals surface area contributed by atoms with E-state index in [1.54, 1.807) is 20.8 Å². The third-order valence-corrected chi connectivity index (χ3v) is 3.94. The van der Waals surface area contributed by atoms with Crippen LogP contribution in [0.25, 0.3) is 0 Å². The van der Waals surface area contributed by atoms with E-state index in [2.05, 4.69) is 5.32 Å². The molecule has 144 valence electrons. The molecule has 1 heterocycles. The average Bonchev–Trinajstić information content (AvgIpc) is 2.58. The highest BCUT2D eigenvalue weighted by Gasteiger charge is 2.32. The van der Waals surface area contributed by atoms with E-state index in [-0.39, 0.29) is 31.7 Å². The Labute approximate surface area is 153 Å². The van der Waals surface area contributed by atoms with Crippen molar-refractivity contribution in [1.29, 1.82) is 0 Å². The van der Waals surface area contributed by atoms with Gasteiger partial charge in [-0.25, -0.2) is 9.59 Å². The Bertz CT molecular complexity index is 603. The molecule has 2 amide bonds. The number of amides is 2. The van der Waals surface area contributed by atoms with Crippen LogP contribution in [0.15, 0.2) is 30.3 Å². The second-order valence-corrected chi connectivity index (χ2v) is 7.54. The first-order valence-electron chi connectivity index (χ1n) is 8.78. The number of benzene rings is 1. The van der Waals surface area contributed by atoms with Gasteiger partial charge in [0.2, 0.25) is 0 Å². The molecule has 2 rings (SSSR count). The highest BCUT2D eigenvalue weighted by Crippen LogP contribution is 2.19. The zero-order valence-corrected chi connectivity index (χ0v) is 15.5. The fourth-order valence-corrected chi connectivity index (χ4v) is 2.85. The van der Waals surface area contributed by atoms with Gasteiger partial charge in [0.05, 0.1) is 12.7 Å². The van der Waals surface area contributed by atoms with E-state index in [9.17, 15) is 14.0 Å². The molecule has 1 aromatic rings. The molecule has 0 saturated carbocycles. The quantitative estimate of drug-likeness (QED) is 0.885. The molecule has 26 heavy (non-hydrogen) atoms. The topological polar surface area (TPSA) is 67.9 Å². The first-order chi connectivity index (χ1) is 12.3. The fraction of sp³-hybridized carbons (Fsp3) is 0.579. The van der Waals surface area contributed by atoms with Crippen LogP contribution in [0, 0.1) is 5.92 Å². The number of hydrogen-bond acceptors (Lipinski definition) is 4. The van der Waals surface area contributed by atoms with Crippen LogP contribution in [0.3, 0.4) is 0 Å². The second kappa shape index (κ2) is 8.87. The number of alkyl carbamates (subject to hydrolysis) is 1. The van der Waals surface area contributed by atoms with Gasteiger partial charge in [0.1, 0.15) is 12.2 Å². The van der Waals surface area contributed by atoms with E-state index in [4.69, 9.17) is 9.47 Å². The minimum absolute atomic E-state index is 0.153. The average molecular weight is 366 g/mol. The van der Waals surface area contributed by atoms with Gasteiger partial charge in [0.15, 0.2) is 0 Å². The van der Waals surface area contributed by atoms with Gasteiger partial charge in [0.25, 0.3) is 0 Å². The van der Waals surface area contributed by atoms with Crippen LogP contribution in [-0.2, 0) is 16.1 Å². The molecule has 2 atom stereocenters. The molecule has 0 radical (unpaired) electrons. The predicted molar refractivity (Wildman–Crippen MR) is 95.4 cm³/mol. The van der Waals surface area contributed by atoms with Crippen molar-refractivity contribution < 1.29 is 23.5 Å². The Morgan fingerprint density at radius 3 is 2.54 bits per heavy atom. The van der Waals surface area contributed by atoms with Crippen molar-refractivity contribution in [1.82, 2.24) is 10.2 Å². The highest BCUT2D eigenvalue weighted by molar-refractivity contribution is 5.69. The van der Waals surface area contributed by atoms with Crippen molar-refractivity contribution in [2.45, 2.75) is 45.4 Å². The molecule has 1 aliphatic rings. The highest BCUT2D eigenvalue weighted by atomic mass is 19.1. The molecule has 1 saturated heterocycles. The van der Waals surface area contributed by atoms with Gasteiger partial charge in [-0.05, 0) is 32.8 Å². The second-order valence-electron chi connectivity index (χ2n) is 7.54. The summed E-state index contributed by atoms with van der Waals surface area (Å²) in [6.45, 7) is 5.44. The summed E-state index contributed by atoms with van der Waals surface area (Å²) in [6.07, 6.45) is -0.624. The van der Waals surface area contributed by atoms with E-state index in [0.29, 0.717) is 6.42 Å². The molecule has 0 spiro atoms. The number of ether oxygens (including phenoxy) is 2. The lowest BCUT2D eigenvalue weighted by atomic mass is 9.96. The van der Waals surface area contributed by atoms with E-state index >= 15 is 0 Å². The van der Waals surface area contributed by atoms with Crippen molar-refractivity contribution in [3.63, 3.8) is 0 Å². The Morgan fingerprint density at radius 2 is 1.92 bits per heavy atom. The van der Waals surface area contributed by atoms with Gasteiger partial charge < -0.3 is 19.7 Å². The molecule has 6 nitrogen and oxygen atoms in total. The van der Waals surface area contributed by atoms with Crippen LogP contribution in [0.4, 0.5) is 14.0 Å². The van der Waals surface area contributed by atoms with E-state index in [1.807, 2.05) is 30.3 Å². The molecule has 1 aliphatic heterocycles. The third kappa shape index (κ3) is 6.54. The summed E-state index contributed by atoms with van der Waals surface area (Å²) in [5, 5.41) is 2.72. The van der Waals surface area contributed by atoms with E-state index in [0.717, 1.165) is 5.56 Å². The number of nitrogens with one attached hydrogen (secondary N) is 1. The molecule has 1 aromatic carbocycles. The number of carbonyl (C=O) groups excluding carboxylic acids is 2. The Balaban J connectivity index is 1.90. The number of hydrogen-bond donors (Lipinski definition) is 1. The number of halogens is 1. The van der Waals surface area contributed by atoms with Gasteiger partial charge in [-0.2, -0.15) is 0 Å². The number of piperidine rings is 1. The summed E-state index contributed by atoms with van der Waals surface area (Å²) in [5.74, 6) is -0.340. The van der Waals surface area contributed by atoms with Crippen LogP contribution in [0.1, 0.15) is 32.8 Å². The number of rotatable bonds is 4. The molecular formula is C19H27FN2O4.